The number of nitrogens with zero attached hydrogens (tertiary/aromatic N) is 4. The minimum absolute atomic E-state index is 0.127. The molecule has 4 aliphatic heterocycles. The van der Waals surface area contributed by atoms with Crippen LogP contribution in [0.1, 0.15) is 36.1 Å². The molecule has 0 radical (unpaired) electrons. The predicted molar refractivity (Wildman–Crippen MR) is 131 cm³/mol. The predicted octanol–water partition coefficient (Wildman–Crippen LogP) is 4.82. The van der Waals surface area contributed by atoms with Gasteiger partial charge in [0.2, 0.25) is 6.20 Å². The van der Waals surface area contributed by atoms with Gasteiger partial charge in [-0.2, -0.15) is 9.13 Å². The lowest BCUT2D eigenvalue weighted by Crippen LogP contribution is -2.77. The van der Waals surface area contributed by atoms with Crippen molar-refractivity contribution in [2.24, 2.45) is 0 Å². The fourth-order valence-corrected chi connectivity index (χ4v) is 7.67. The van der Waals surface area contributed by atoms with Crippen LogP contribution in [-0.4, -0.2) is 9.25 Å². The van der Waals surface area contributed by atoms with Crippen molar-refractivity contribution >= 4 is 21.8 Å². The van der Waals surface area contributed by atoms with Gasteiger partial charge in [-0.3, -0.25) is 0 Å². The van der Waals surface area contributed by atoms with Crippen LogP contribution < -0.4 is 14.0 Å². The molecular weight excluding hydrogens is 432 g/mol. The Morgan fingerprint density at radius 3 is 2.51 bits per heavy atom. The number of rotatable bonds is 0. The Morgan fingerprint density at radius 2 is 1.57 bits per heavy atom. The summed E-state index contributed by atoms with van der Waals surface area (Å²) in [5.74, 6) is 3.11. The Bertz CT molecular complexity index is 2020. The van der Waals surface area contributed by atoms with Crippen LogP contribution in [-0.2, 0) is 11.1 Å². The molecule has 0 aliphatic carbocycles. The Hall–Kier alpha value is -4.38. The summed E-state index contributed by atoms with van der Waals surface area (Å²) < 4.78 is 16.4. The summed E-state index contributed by atoms with van der Waals surface area (Å²) in [6.45, 7) is 4.73. The first kappa shape index (κ1) is 17.1. The van der Waals surface area contributed by atoms with Crippen molar-refractivity contribution in [3.63, 3.8) is 0 Å². The quantitative estimate of drug-likeness (QED) is 0.303. The van der Waals surface area contributed by atoms with Gasteiger partial charge in [0, 0.05) is 27.8 Å². The molecule has 3 aromatic heterocycles. The van der Waals surface area contributed by atoms with Gasteiger partial charge in [-0.05, 0) is 42.5 Å². The van der Waals surface area contributed by atoms with E-state index in [0.29, 0.717) is 0 Å². The Balaban J connectivity index is 1.60. The molecule has 1 unspecified atom stereocenters. The molecule has 0 N–H and O–H groups in total. The fraction of sp³-hybridized carbons (Fsp3) is 0.133. The number of fused-ring (bicyclic) bond motifs is 3. The molecule has 6 aromatic rings. The first-order valence-electron chi connectivity index (χ1n) is 12.2. The van der Waals surface area contributed by atoms with Crippen LogP contribution in [0, 0.1) is 0 Å². The molecular formula is C30H20N4O+2. The number of hydrogen-bond donors (Lipinski definition) is 0. The lowest BCUT2D eigenvalue weighted by atomic mass is 9.75. The molecule has 0 saturated heterocycles. The van der Waals surface area contributed by atoms with Crippen molar-refractivity contribution in [1.29, 1.82) is 0 Å². The van der Waals surface area contributed by atoms with Gasteiger partial charge in [0.05, 0.1) is 18.0 Å². The average molecular weight is 453 g/mol. The first-order valence-corrected chi connectivity index (χ1v) is 12.2. The molecule has 5 nitrogen and oxygen atoms in total. The van der Waals surface area contributed by atoms with Crippen LogP contribution in [0.15, 0.2) is 85.3 Å². The second kappa shape index (κ2) is 4.86. The van der Waals surface area contributed by atoms with E-state index in [1.165, 1.54) is 55.6 Å². The summed E-state index contributed by atoms with van der Waals surface area (Å²) in [5, 5.41) is 2.60. The van der Waals surface area contributed by atoms with Gasteiger partial charge in [0.25, 0.3) is 5.82 Å². The lowest BCUT2D eigenvalue weighted by molar-refractivity contribution is -0.993. The zero-order valence-electron chi connectivity index (χ0n) is 19.3. The minimum atomic E-state index is -0.564. The van der Waals surface area contributed by atoms with E-state index in [-0.39, 0.29) is 5.41 Å². The van der Waals surface area contributed by atoms with Gasteiger partial charge in [0.1, 0.15) is 28.3 Å². The highest BCUT2D eigenvalue weighted by atomic mass is 16.5. The van der Waals surface area contributed by atoms with E-state index in [4.69, 9.17) is 4.74 Å². The fourth-order valence-electron chi connectivity index (χ4n) is 7.67. The maximum absolute atomic E-state index is 6.67. The van der Waals surface area contributed by atoms with Crippen molar-refractivity contribution in [2.75, 3.05) is 0 Å². The third kappa shape index (κ3) is 1.45. The summed E-state index contributed by atoms with van der Waals surface area (Å²) >= 11 is 0. The summed E-state index contributed by atoms with van der Waals surface area (Å²) in [6, 6.07) is 24.3. The topological polar surface area (TPSA) is 26.8 Å². The van der Waals surface area contributed by atoms with Crippen LogP contribution in [0.3, 0.4) is 0 Å². The highest BCUT2D eigenvalue weighted by Gasteiger charge is 2.69. The van der Waals surface area contributed by atoms with Crippen molar-refractivity contribution in [2.45, 2.75) is 24.9 Å². The van der Waals surface area contributed by atoms with Gasteiger partial charge >= 0.3 is 5.66 Å². The van der Waals surface area contributed by atoms with Gasteiger partial charge in [0.15, 0.2) is 11.1 Å². The Morgan fingerprint density at radius 1 is 0.743 bits per heavy atom. The van der Waals surface area contributed by atoms with Crippen molar-refractivity contribution in [1.82, 2.24) is 9.25 Å². The number of pyridine rings is 1. The molecule has 4 aliphatic rings. The van der Waals surface area contributed by atoms with Crippen LogP contribution in [0.5, 0.6) is 11.5 Å². The van der Waals surface area contributed by atoms with E-state index < -0.39 is 5.66 Å². The third-order valence-electron chi connectivity index (χ3n) is 8.97. The van der Waals surface area contributed by atoms with Crippen LogP contribution in [0.4, 0.5) is 0 Å². The molecule has 10 rings (SSSR count). The maximum Gasteiger partial charge on any atom is 0.397 e. The van der Waals surface area contributed by atoms with E-state index in [2.05, 4.69) is 118 Å². The normalized spacial score (nSPS) is 20.3. The SMILES string of the molecule is CC1(C)c2ccc[n+]3c2-n2c4c1cccc4c1ccc4c(c12)C31c2c(cccc2-n2ccc[n+]21)O4. The first-order chi connectivity index (χ1) is 17.1. The van der Waals surface area contributed by atoms with E-state index >= 15 is 0 Å². The summed E-state index contributed by atoms with van der Waals surface area (Å²) in [4.78, 5) is 0. The maximum atomic E-state index is 6.67. The number of benzene rings is 3. The second-order valence-electron chi connectivity index (χ2n) is 10.7. The number of para-hydroxylation sites is 1. The summed E-state index contributed by atoms with van der Waals surface area (Å²) in [6.07, 6.45) is 6.63. The number of ether oxygens (including phenoxy) is 1. The minimum Gasteiger partial charge on any atom is -0.456 e. The van der Waals surface area contributed by atoms with Crippen molar-refractivity contribution in [3.8, 4) is 23.0 Å². The van der Waals surface area contributed by atoms with E-state index in [1.54, 1.807) is 0 Å². The largest absolute Gasteiger partial charge is 0.456 e. The van der Waals surface area contributed by atoms with E-state index in [0.717, 1.165) is 11.5 Å². The second-order valence-corrected chi connectivity index (χ2v) is 10.7. The standard InChI is InChI=1S/C30H20N4O/c1-29(2)19-8-3-7-17-18-12-13-23-25-27(18)34(26(17)19)28-20(29)9-5-14-31(28)30(25)24-21(10-4-11-22(24)35-23)32-15-6-16-33(30)32/h3-16H,1-2H3/q+2. The molecule has 164 valence electrons. The monoisotopic (exact) mass is 452 g/mol. The molecule has 0 bridgehead atoms. The third-order valence-corrected chi connectivity index (χ3v) is 8.97. The van der Waals surface area contributed by atoms with E-state index in [9.17, 15) is 0 Å². The van der Waals surface area contributed by atoms with Crippen LogP contribution in [0.25, 0.3) is 33.3 Å². The number of aromatic nitrogens is 4. The lowest BCUT2D eigenvalue weighted by Gasteiger charge is -2.37. The van der Waals surface area contributed by atoms with Gasteiger partial charge < -0.3 is 4.74 Å². The Labute approximate surface area is 200 Å². The van der Waals surface area contributed by atoms with Gasteiger partial charge in [-0.25, -0.2) is 0 Å². The molecule has 7 heterocycles. The Kier molecular flexibility index (Phi) is 2.38. The molecule has 35 heavy (non-hydrogen) atoms. The molecule has 0 amide bonds. The molecule has 1 atom stereocenters. The van der Waals surface area contributed by atoms with Gasteiger partial charge in [-0.15, -0.1) is 4.68 Å². The van der Waals surface area contributed by atoms with Crippen LogP contribution >= 0.6 is 0 Å². The van der Waals surface area contributed by atoms with Crippen molar-refractivity contribution in [3.05, 3.63) is 108 Å². The average Bonchev–Trinajstić information content (AvgIpc) is 3.56. The number of hydrogen-bond acceptors (Lipinski definition) is 1. The summed E-state index contributed by atoms with van der Waals surface area (Å²) in [5.41, 5.74) is 8.20. The molecule has 1 spiro atoms. The van der Waals surface area contributed by atoms with Gasteiger partial charge in [-0.1, -0.05) is 36.7 Å². The van der Waals surface area contributed by atoms with Crippen LogP contribution in [0.2, 0.25) is 0 Å². The zero-order valence-corrected chi connectivity index (χ0v) is 19.3. The highest BCUT2D eigenvalue weighted by Crippen LogP contribution is 2.57. The van der Waals surface area contributed by atoms with E-state index in [1.807, 2.05) is 0 Å². The molecule has 5 heteroatoms. The molecule has 0 saturated carbocycles. The zero-order chi connectivity index (χ0) is 22.8. The molecule has 3 aromatic carbocycles. The highest BCUT2D eigenvalue weighted by molar-refractivity contribution is 6.13. The summed E-state index contributed by atoms with van der Waals surface area (Å²) in [7, 11) is 0. The molecule has 0 fully saturated rings. The smallest absolute Gasteiger partial charge is 0.397 e. The van der Waals surface area contributed by atoms with Crippen molar-refractivity contribution < 1.29 is 14.0 Å².